The molecule has 0 heterocycles. The van der Waals surface area contributed by atoms with Crippen molar-refractivity contribution < 1.29 is 42.7 Å². The number of unbranched alkanes of at least 4 members (excludes halogenated alkanes) is 16. The summed E-state index contributed by atoms with van der Waals surface area (Å²) in [6.45, 7) is 14.8. The molecule has 0 aromatic heterocycles. The molecule has 0 aromatic rings. The maximum atomic E-state index is 12.4. The molecule has 0 aromatic carbocycles. The Bertz CT molecular complexity index is 771. The van der Waals surface area contributed by atoms with E-state index in [0.717, 1.165) is 103 Å². The van der Waals surface area contributed by atoms with Crippen LogP contribution < -0.4 is 24.2 Å². The van der Waals surface area contributed by atoms with Crippen molar-refractivity contribution in [3.8, 4) is 0 Å². The molecule has 0 saturated carbocycles. The first kappa shape index (κ1) is 62.9. The molecule has 0 aliphatic rings. The van der Waals surface area contributed by atoms with Gasteiger partial charge in [0.1, 0.15) is 6.10 Å². The third-order valence-corrected chi connectivity index (χ3v) is 11.2. The Balaban J connectivity index is -0.00000468. The Morgan fingerprint density at radius 2 is 0.842 bits per heavy atom. The van der Waals surface area contributed by atoms with Crippen LogP contribution in [0.4, 0.5) is 0 Å². The molecule has 0 radical (unpaired) electrons. The molecular weight excluding hydrogens is 722 g/mol. The molecule has 0 aliphatic carbocycles. The largest absolute Gasteiger partial charge is 1.00 e. The molecule has 8 heteroatoms. The van der Waals surface area contributed by atoms with Gasteiger partial charge in [0.25, 0.3) is 5.17 Å². The van der Waals surface area contributed by atoms with Crippen LogP contribution in [0.2, 0.25) is 0 Å². The molecule has 336 valence electrons. The Morgan fingerprint density at radius 1 is 0.509 bits per heavy atom. The molecule has 0 fully saturated rings. The second kappa shape index (κ2) is 49.6. The maximum absolute atomic E-state index is 12.4. The second-order valence-electron chi connectivity index (χ2n) is 16.2. The average Bonchev–Trinajstić information content (AvgIpc) is 3.16. The number of hydrogen-bond acceptors (Lipinski definition) is 6. The smallest absolute Gasteiger partial charge is 0.468 e. The first-order valence-electron chi connectivity index (χ1n) is 23.4. The molecule has 0 saturated heterocycles. The van der Waals surface area contributed by atoms with Gasteiger partial charge >= 0.3 is 30.8 Å². The van der Waals surface area contributed by atoms with Crippen molar-refractivity contribution in [2.75, 3.05) is 19.8 Å². The summed E-state index contributed by atoms with van der Waals surface area (Å²) in [5, 5.41) is 3.65. The summed E-state index contributed by atoms with van der Waals surface area (Å²) in [5.74, 6) is 1.35. The Hall–Kier alpha value is -0.773. The summed E-state index contributed by atoms with van der Waals surface area (Å²) in [4.78, 5) is 24.7. The number of nitrogens with one attached hydrogen (secondary N) is 1. The van der Waals surface area contributed by atoms with Gasteiger partial charge in [0.05, 0.1) is 13.2 Å². The van der Waals surface area contributed by atoms with E-state index < -0.39 is 0 Å². The summed E-state index contributed by atoms with van der Waals surface area (Å²) in [6.07, 6.45) is 37.2. The number of ether oxygens (including phenoxy) is 3. The van der Waals surface area contributed by atoms with Crippen molar-refractivity contribution >= 4 is 29.3 Å². The van der Waals surface area contributed by atoms with Gasteiger partial charge < -0.3 is 41.3 Å². The van der Waals surface area contributed by atoms with E-state index in [1.165, 1.54) is 103 Å². The van der Waals surface area contributed by atoms with E-state index in [1.807, 2.05) is 0 Å². The van der Waals surface area contributed by atoms with Crippen LogP contribution in [0.1, 0.15) is 240 Å². The van der Waals surface area contributed by atoms with E-state index >= 15 is 0 Å². The van der Waals surface area contributed by atoms with Gasteiger partial charge in [0.2, 0.25) is 0 Å². The van der Waals surface area contributed by atoms with Crippen LogP contribution in [0.25, 0.3) is 0 Å². The fraction of sp³-hybridized carbons (Fsp3) is 0.878. The van der Waals surface area contributed by atoms with Crippen molar-refractivity contribution in [3.63, 3.8) is 0 Å². The number of carbonyl (C=O) groups is 2. The number of carbonyl (C=O) groups excluding carboxylic acids is 2. The number of esters is 2. The number of rotatable bonds is 41. The first-order valence-corrected chi connectivity index (χ1v) is 23.9. The predicted molar refractivity (Wildman–Crippen MR) is 248 cm³/mol. The van der Waals surface area contributed by atoms with Crippen molar-refractivity contribution in [2.45, 2.75) is 246 Å². The quantitative estimate of drug-likeness (QED) is 0.0217. The van der Waals surface area contributed by atoms with Gasteiger partial charge in [0.15, 0.2) is 0 Å². The third kappa shape index (κ3) is 44.6. The first-order chi connectivity index (χ1) is 26.4. The van der Waals surface area contributed by atoms with Gasteiger partial charge in [-0.3, -0.25) is 9.59 Å². The fourth-order valence-electron chi connectivity index (χ4n) is 7.41. The fourth-order valence-corrected chi connectivity index (χ4v) is 7.65. The van der Waals surface area contributed by atoms with Gasteiger partial charge in [-0.05, 0) is 82.0 Å². The molecule has 0 spiro atoms. The Morgan fingerprint density at radius 3 is 1.19 bits per heavy atom. The van der Waals surface area contributed by atoms with Crippen LogP contribution in [0.3, 0.4) is 0 Å². The van der Waals surface area contributed by atoms with Crippen LogP contribution in [-0.4, -0.2) is 43.0 Å². The minimum Gasteiger partial charge on any atom is -0.468 e. The molecule has 0 atom stereocenters. The van der Waals surface area contributed by atoms with E-state index in [4.69, 9.17) is 26.4 Å². The van der Waals surface area contributed by atoms with Crippen LogP contribution in [0.15, 0.2) is 0 Å². The third-order valence-electron chi connectivity index (χ3n) is 11.0. The minimum atomic E-state index is -0.0257. The zero-order valence-corrected chi connectivity index (χ0v) is 40.2. The average molecular weight is 818 g/mol. The zero-order chi connectivity index (χ0) is 39.7. The van der Waals surface area contributed by atoms with E-state index in [9.17, 15) is 9.59 Å². The van der Waals surface area contributed by atoms with Crippen molar-refractivity contribution in [2.24, 2.45) is 11.8 Å². The molecular formula is C49H96LiNO5S-2. The summed E-state index contributed by atoms with van der Waals surface area (Å²) in [6, 6.07) is 0. The van der Waals surface area contributed by atoms with Gasteiger partial charge in [-0.2, -0.15) is 6.42 Å². The standard InChI is InChI=1S/C47H90NO5S.2CH3.Li/c1-6-11-21-29-42(30-22-12-7-2)37-40-51-45(49)35-27-19-15-17-25-33-44(53-47(54)48-39-10-5)34-26-18-16-20-28-36-46(50)52-41-38-43(31-23-13-8-3)32-24-14-9-4;;;/h42-44H,5-41H2,1-4H3,(H,48,54);2*1H3;/q3*-1;+1. The van der Waals surface area contributed by atoms with Crippen LogP contribution in [0, 0.1) is 33.6 Å². The normalized spacial score (nSPS) is 10.9. The van der Waals surface area contributed by atoms with Crippen LogP contribution in [0.5, 0.6) is 0 Å². The van der Waals surface area contributed by atoms with Gasteiger partial charge in [0, 0.05) is 12.8 Å². The van der Waals surface area contributed by atoms with E-state index in [2.05, 4.69) is 39.9 Å². The van der Waals surface area contributed by atoms with E-state index in [0.29, 0.717) is 43.1 Å². The number of thiocarbonyl (C=S) groups is 1. The molecule has 0 amide bonds. The topological polar surface area (TPSA) is 73.9 Å². The monoisotopic (exact) mass is 818 g/mol. The van der Waals surface area contributed by atoms with Gasteiger partial charge in [-0.1, -0.05) is 169 Å². The molecule has 0 aliphatic heterocycles. The summed E-state index contributed by atoms with van der Waals surface area (Å²) >= 11 is 5.45. The zero-order valence-electron chi connectivity index (χ0n) is 39.3. The second-order valence-corrected chi connectivity index (χ2v) is 16.5. The molecule has 0 unspecified atom stereocenters. The number of hydrogen-bond donors (Lipinski definition) is 1. The predicted octanol–water partition coefficient (Wildman–Crippen LogP) is 12.3. The molecule has 0 rings (SSSR count). The summed E-state index contributed by atoms with van der Waals surface area (Å²) in [5.41, 5.74) is 0. The summed E-state index contributed by atoms with van der Waals surface area (Å²) in [7, 11) is 0. The van der Waals surface area contributed by atoms with Gasteiger partial charge in [-0.15, -0.1) is 0 Å². The molecule has 6 nitrogen and oxygen atoms in total. The van der Waals surface area contributed by atoms with Crippen molar-refractivity contribution in [1.29, 1.82) is 0 Å². The maximum Gasteiger partial charge on any atom is 1.00 e. The van der Waals surface area contributed by atoms with E-state index in [-0.39, 0.29) is 51.8 Å². The summed E-state index contributed by atoms with van der Waals surface area (Å²) < 4.78 is 17.4. The molecule has 1 N–H and O–H groups in total. The SMILES string of the molecule is [CH2-]CCNC(=S)OC(CCCCCCCC(=O)OCCC(CCCCC)CCCCC)CCCCCCCC(=O)OCCC(CCCCC)CCCCC.[CH3-].[CH3-].[Li+]. The molecule has 57 heavy (non-hydrogen) atoms. The Kier molecular flexibility index (Phi) is 54.7. The van der Waals surface area contributed by atoms with Crippen molar-refractivity contribution in [1.82, 2.24) is 5.32 Å². The minimum absolute atomic E-state index is 0. The van der Waals surface area contributed by atoms with E-state index in [1.54, 1.807) is 0 Å². The van der Waals surface area contributed by atoms with Crippen molar-refractivity contribution in [3.05, 3.63) is 21.8 Å². The Labute approximate surface area is 374 Å². The van der Waals surface area contributed by atoms with Crippen LogP contribution >= 0.6 is 12.2 Å². The molecule has 0 bridgehead atoms. The van der Waals surface area contributed by atoms with Gasteiger partial charge in [-0.25, -0.2) is 0 Å². The van der Waals surface area contributed by atoms with Crippen LogP contribution in [-0.2, 0) is 23.8 Å².